The molecule has 2 N–H and O–H groups in total. The Balaban J connectivity index is 2.04. The molecule has 1 fully saturated rings. The fourth-order valence-corrected chi connectivity index (χ4v) is 2.74. The average Bonchev–Trinajstić information content (AvgIpc) is 2.89. The zero-order valence-corrected chi connectivity index (χ0v) is 11.9. The van der Waals surface area contributed by atoms with E-state index >= 15 is 0 Å². The first-order chi connectivity index (χ1) is 9.08. The zero-order valence-electron chi connectivity index (χ0n) is 11.9. The largest absolute Gasteiger partial charge is 0.357 e. The van der Waals surface area contributed by atoms with Crippen molar-refractivity contribution in [3.8, 4) is 0 Å². The van der Waals surface area contributed by atoms with Gasteiger partial charge in [0.25, 0.3) is 5.91 Å². The average molecular weight is 261 g/mol. The SMILES string of the molecule is CC(C)[C@@H]1CC[C@@H](C)CC1=NNC(=O)c1ccc[nH]1. The number of amides is 1. The van der Waals surface area contributed by atoms with E-state index < -0.39 is 0 Å². The van der Waals surface area contributed by atoms with Crippen molar-refractivity contribution in [1.82, 2.24) is 10.4 Å². The van der Waals surface area contributed by atoms with Crippen LogP contribution in [0.3, 0.4) is 0 Å². The summed E-state index contributed by atoms with van der Waals surface area (Å²) in [6.45, 7) is 6.70. The molecule has 0 bridgehead atoms. The lowest BCUT2D eigenvalue weighted by molar-refractivity contribution is 0.0949. The second-order valence-electron chi connectivity index (χ2n) is 5.87. The van der Waals surface area contributed by atoms with E-state index in [0.29, 0.717) is 23.4 Å². The summed E-state index contributed by atoms with van der Waals surface area (Å²) in [5.74, 6) is 1.57. The number of rotatable bonds is 3. The van der Waals surface area contributed by atoms with Crippen molar-refractivity contribution in [1.29, 1.82) is 0 Å². The first kappa shape index (κ1) is 13.8. The van der Waals surface area contributed by atoms with E-state index in [1.54, 1.807) is 12.3 Å². The van der Waals surface area contributed by atoms with Crippen molar-refractivity contribution in [3.05, 3.63) is 24.0 Å². The van der Waals surface area contributed by atoms with Crippen molar-refractivity contribution >= 4 is 11.6 Å². The number of aromatic amines is 1. The van der Waals surface area contributed by atoms with Gasteiger partial charge in [0.1, 0.15) is 5.69 Å². The molecule has 1 amide bonds. The first-order valence-corrected chi connectivity index (χ1v) is 7.08. The Hall–Kier alpha value is -1.58. The molecule has 2 atom stereocenters. The molecule has 19 heavy (non-hydrogen) atoms. The molecule has 1 aliphatic carbocycles. The summed E-state index contributed by atoms with van der Waals surface area (Å²) in [5, 5.41) is 4.39. The third kappa shape index (κ3) is 3.46. The molecule has 1 aromatic heterocycles. The lowest BCUT2D eigenvalue weighted by atomic mass is 9.76. The van der Waals surface area contributed by atoms with Crippen LogP contribution in [-0.4, -0.2) is 16.6 Å². The molecule has 4 heteroatoms. The minimum Gasteiger partial charge on any atom is -0.357 e. The summed E-state index contributed by atoms with van der Waals surface area (Å²) in [5.41, 5.74) is 4.38. The predicted molar refractivity (Wildman–Crippen MR) is 77.0 cm³/mol. The number of carbonyl (C=O) groups excluding carboxylic acids is 1. The Bertz CT molecular complexity index is 448. The summed E-state index contributed by atoms with van der Waals surface area (Å²) in [6.07, 6.45) is 5.16. The van der Waals surface area contributed by atoms with Gasteiger partial charge in [0, 0.05) is 17.8 Å². The minimum absolute atomic E-state index is 0.168. The van der Waals surface area contributed by atoms with Gasteiger partial charge in [-0.3, -0.25) is 4.79 Å². The van der Waals surface area contributed by atoms with Gasteiger partial charge in [-0.1, -0.05) is 20.8 Å². The lowest BCUT2D eigenvalue weighted by Gasteiger charge is -2.30. The molecule has 1 aliphatic rings. The van der Waals surface area contributed by atoms with Gasteiger partial charge >= 0.3 is 0 Å². The van der Waals surface area contributed by atoms with Crippen LogP contribution in [0.15, 0.2) is 23.4 Å². The van der Waals surface area contributed by atoms with E-state index in [-0.39, 0.29) is 5.91 Å². The quantitative estimate of drug-likeness (QED) is 0.807. The standard InChI is InChI=1S/C15H23N3O/c1-10(2)12-7-6-11(3)9-14(12)17-18-15(19)13-5-4-8-16-13/h4-5,8,10-12,16H,6-7,9H2,1-3H3,(H,18,19)/t11-,12+/m1/s1. The number of H-pyrrole nitrogens is 1. The molecule has 0 radical (unpaired) electrons. The van der Waals surface area contributed by atoms with E-state index in [2.05, 4.69) is 36.3 Å². The smallest absolute Gasteiger partial charge is 0.287 e. The fourth-order valence-electron chi connectivity index (χ4n) is 2.74. The normalized spacial score (nSPS) is 25.8. The Kier molecular flexibility index (Phi) is 4.40. The number of aromatic nitrogens is 1. The van der Waals surface area contributed by atoms with Crippen LogP contribution in [0, 0.1) is 17.8 Å². The fraction of sp³-hybridized carbons (Fsp3) is 0.600. The highest BCUT2D eigenvalue weighted by Gasteiger charge is 2.27. The Morgan fingerprint density at radius 2 is 2.26 bits per heavy atom. The van der Waals surface area contributed by atoms with Crippen LogP contribution in [0.4, 0.5) is 0 Å². The highest BCUT2D eigenvalue weighted by molar-refractivity contribution is 5.94. The molecule has 1 aromatic rings. The molecule has 0 spiro atoms. The predicted octanol–water partition coefficient (Wildman–Crippen LogP) is 3.19. The minimum atomic E-state index is -0.168. The summed E-state index contributed by atoms with van der Waals surface area (Å²) >= 11 is 0. The summed E-state index contributed by atoms with van der Waals surface area (Å²) < 4.78 is 0. The van der Waals surface area contributed by atoms with Crippen LogP contribution in [0.25, 0.3) is 0 Å². The van der Waals surface area contributed by atoms with Crippen LogP contribution in [0.1, 0.15) is 50.5 Å². The van der Waals surface area contributed by atoms with Crippen molar-refractivity contribution in [2.75, 3.05) is 0 Å². The van der Waals surface area contributed by atoms with Crippen LogP contribution >= 0.6 is 0 Å². The van der Waals surface area contributed by atoms with Gasteiger partial charge in [-0.15, -0.1) is 0 Å². The van der Waals surface area contributed by atoms with Crippen molar-refractivity contribution < 1.29 is 4.79 Å². The molecule has 1 saturated carbocycles. The van der Waals surface area contributed by atoms with Crippen LogP contribution in [0.5, 0.6) is 0 Å². The third-order valence-corrected chi connectivity index (χ3v) is 3.90. The van der Waals surface area contributed by atoms with Crippen molar-refractivity contribution in [2.45, 2.75) is 40.0 Å². The first-order valence-electron chi connectivity index (χ1n) is 7.08. The topological polar surface area (TPSA) is 57.2 Å². The van der Waals surface area contributed by atoms with Crippen LogP contribution in [0.2, 0.25) is 0 Å². The summed E-state index contributed by atoms with van der Waals surface area (Å²) in [7, 11) is 0. The van der Waals surface area contributed by atoms with Crippen molar-refractivity contribution in [2.24, 2.45) is 22.9 Å². The zero-order chi connectivity index (χ0) is 13.8. The van der Waals surface area contributed by atoms with E-state index in [4.69, 9.17) is 0 Å². The van der Waals surface area contributed by atoms with Gasteiger partial charge in [-0.25, -0.2) is 5.43 Å². The molecule has 4 nitrogen and oxygen atoms in total. The number of hydrogen-bond donors (Lipinski definition) is 2. The highest BCUT2D eigenvalue weighted by atomic mass is 16.2. The van der Waals surface area contributed by atoms with Crippen LogP contribution < -0.4 is 5.43 Å². The van der Waals surface area contributed by atoms with Gasteiger partial charge in [0.2, 0.25) is 0 Å². The van der Waals surface area contributed by atoms with Gasteiger partial charge in [-0.05, 0) is 43.2 Å². The van der Waals surface area contributed by atoms with E-state index in [9.17, 15) is 4.79 Å². The Labute approximate surface area is 114 Å². The molecular formula is C15H23N3O. The van der Waals surface area contributed by atoms with Gasteiger partial charge < -0.3 is 4.98 Å². The van der Waals surface area contributed by atoms with Crippen molar-refractivity contribution in [3.63, 3.8) is 0 Å². The van der Waals surface area contributed by atoms with Gasteiger partial charge in [-0.2, -0.15) is 5.10 Å². The maximum atomic E-state index is 11.9. The Morgan fingerprint density at radius 1 is 1.47 bits per heavy atom. The maximum Gasteiger partial charge on any atom is 0.287 e. The lowest BCUT2D eigenvalue weighted by Crippen LogP contribution is -2.31. The van der Waals surface area contributed by atoms with E-state index in [1.807, 2.05) is 6.07 Å². The molecule has 0 aliphatic heterocycles. The monoisotopic (exact) mass is 261 g/mol. The summed E-state index contributed by atoms with van der Waals surface area (Å²) in [6, 6.07) is 3.56. The number of nitrogens with zero attached hydrogens (tertiary/aromatic N) is 1. The molecular weight excluding hydrogens is 238 g/mol. The third-order valence-electron chi connectivity index (χ3n) is 3.90. The second-order valence-corrected chi connectivity index (χ2v) is 5.87. The molecule has 0 unspecified atom stereocenters. The Morgan fingerprint density at radius 3 is 2.89 bits per heavy atom. The molecule has 0 saturated heterocycles. The number of hydrazone groups is 1. The molecule has 0 aromatic carbocycles. The van der Waals surface area contributed by atoms with E-state index in [0.717, 1.165) is 12.1 Å². The molecule has 104 valence electrons. The number of nitrogens with one attached hydrogen (secondary N) is 2. The molecule has 2 rings (SSSR count). The van der Waals surface area contributed by atoms with Crippen LogP contribution in [-0.2, 0) is 0 Å². The number of carbonyl (C=O) groups is 1. The number of hydrogen-bond acceptors (Lipinski definition) is 2. The van der Waals surface area contributed by atoms with Gasteiger partial charge in [0.15, 0.2) is 0 Å². The summed E-state index contributed by atoms with van der Waals surface area (Å²) in [4.78, 5) is 14.7. The molecule has 1 heterocycles. The van der Waals surface area contributed by atoms with E-state index in [1.165, 1.54) is 12.8 Å². The highest BCUT2D eigenvalue weighted by Crippen LogP contribution is 2.31. The maximum absolute atomic E-state index is 11.9. The second kappa shape index (κ2) is 6.04. The van der Waals surface area contributed by atoms with Gasteiger partial charge in [0.05, 0.1) is 0 Å².